The highest BCUT2D eigenvalue weighted by Crippen LogP contribution is 2.48. The van der Waals surface area contributed by atoms with Gasteiger partial charge in [0.1, 0.15) is 0 Å². The van der Waals surface area contributed by atoms with Gasteiger partial charge in [-0.15, -0.1) is 0 Å². The lowest BCUT2D eigenvalue weighted by molar-refractivity contribution is -0.144. The number of nitrogens with one attached hydrogen (secondary N) is 1. The maximum Gasteiger partial charge on any atom is 0.317 e. The Balaban J connectivity index is 1.99. The van der Waals surface area contributed by atoms with Crippen molar-refractivity contribution in [1.29, 1.82) is 0 Å². The Kier molecular flexibility index (Phi) is 3.83. The molecule has 0 heterocycles. The summed E-state index contributed by atoms with van der Waals surface area (Å²) in [6.07, 6.45) is 2.95. The molecule has 5 heteroatoms. The van der Waals surface area contributed by atoms with E-state index in [-0.39, 0.29) is 18.0 Å². The zero-order valence-electron chi connectivity index (χ0n) is 11.6. The second-order valence-electron chi connectivity index (χ2n) is 5.99. The van der Waals surface area contributed by atoms with Gasteiger partial charge in [-0.05, 0) is 38.0 Å². The number of urea groups is 1. The molecule has 2 amide bonds. The summed E-state index contributed by atoms with van der Waals surface area (Å²) in [6, 6.07) is -0.414. The zero-order valence-corrected chi connectivity index (χ0v) is 11.6. The third-order valence-corrected chi connectivity index (χ3v) is 4.35. The van der Waals surface area contributed by atoms with Crippen LogP contribution in [0, 0.1) is 17.8 Å². The molecule has 4 unspecified atom stereocenters. The summed E-state index contributed by atoms with van der Waals surface area (Å²) in [5.41, 5.74) is 0.903. The topological polar surface area (TPSA) is 69.6 Å². The fraction of sp³-hybridized carbons (Fsp3) is 0.714. The molecule has 0 saturated heterocycles. The average molecular weight is 266 g/mol. The quantitative estimate of drug-likeness (QED) is 0.761. The second-order valence-corrected chi connectivity index (χ2v) is 5.99. The number of hydrogen-bond acceptors (Lipinski definition) is 2. The third kappa shape index (κ3) is 2.74. The highest BCUT2D eigenvalue weighted by Gasteiger charge is 2.51. The van der Waals surface area contributed by atoms with Gasteiger partial charge in [0.25, 0.3) is 0 Å². The fourth-order valence-corrected chi connectivity index (χ4v) is 3.58. The van der Waals surface area contributed by atoms with Gasteiger partial charge in [0.05, 0.1) is 5.92 Å². The number of carbonyl (C=O) groups is 2. The van der Waals surface area contributed by atoms with Crippen LogP contribution in [0.2, 0.25) is 0 Å². The summed E-state index contributed by atoms with van der Waals surface area (Å²) in [4.78, 5) is 25.0. The highest BCUT2D eigenvalue weighted by molar-refractivity contribution is 5.77. The minimum atomic E-state index is -0.778. The summed E-state index contributed by atoms with van der Waals surface area (Å²) in [5.74, 6) is -0.631. The van der Waals surface area contributed by atoms with Crippen molar-refractivity contribution in [3.8, 4) is 0 Å². The highest BCUT2D eigenvalue weighted by atomic mass is 16.4. The molecule has 0 radical (unpaired) electrons. The number of carboxylic acid groups (broad SMARTS) is 1. The maximum absolute atomic E-state index is 12.1. The number of carbonyl (C=O) groups excluding carboxylic acids is 1. The molecule has 5 nitrogen and oxygen atoms in total. The molecule has 2 fully saturated rings. The Hall–Kier alpha value is -1.52. The Morgan fingerprint density at radius 3 is 2.58 bits per heavy atom. The van der Waals surface area contributed by atoms with Crippen LogP contribution in [-0.4, -0.2) is 41.6 Å². The van der Waals surface area contributed by atoms with E-state index in [0.717, 1.165) is 24.8 Å². The molecule has 4 atom stereocenters. The predicted molar refractivity (Wildman–Crippen MR) is 71.7 cm³/mol. The molecule has 2 bridgehead atoms. The number of hydrogen-bond donors (Lipinski definition) is 2. The van der Waals surface area contributed by atoms with E-state index in [4.69, 9.17) is 0 Å². The standard InChI is InChI=1S/C14H22N2O3/c1-8(2)7-16(3)14(19)15-12-10-5-4-9(6-10)11(12)13(17)18/h9-12H,1,4-7H2,2-3H3,(H,15,19)(H,17,18). The average Bonchev–Trinajstić information content (AvgIpc) is 2.87. The Labute approximate surface area is 113 Å². The molecule has 2 aliphatic carbocycles. The van der Waals surface area contributed by atoms with Gasteiger partial charge in [-0.3, -0.25) is 4.79 Å². The Morgan fingerprint density at radius 2 is 2.00 bits per heavy atom. The first-order valence-electron chi connectivity index (χ1n) is 6.79. The number of aliphatic carboxylic acids is 1. The molecule has 2 N–H and O–H groups in total. The zero-order chi connectivity index (χ0) is 14.2. The van der Waals surface area contributed by atoms with Gasteiger partial charge >= 0.3 is 12.0 Å². The van der Waals surface area contributed by atoms with E-state index >= 15 is 0 Å². The van der Waals surface area contributed by atoms with E-state index in [1.807, 2.05) is 6.92 Å². The SMILES string of the molecule is C=C(C)CN(C)C(=O)NC1C2CCC(C2)C1C(=O)O. The van der Waals surface area contributed by atoms with Crippen LogP contribution >= 0.6 is 0 Å². The van der Waals surface area contributed by atoms with Gasteiger partial charge in [-0.1, -0.05) is 12.2 Å². The summed E-state index contributed by atoms with van der Waals surface area (Å²) < 4.78 is 0. The van der Waals surface area contributed by atoms with Crippen molar-refractivity contribution in [2.45, 2.75) is 32.2 Å². The van der Waals surface area contributed by atoms with Crippen molar-refractivity contribution in [2.75, 3.05) is 13.6 Å². The van der Waals surface area contributed by atoms with Crippen LogP contribution in [0.25, 0.3) is 0 Å². The Bertz CT molecular complexity index is 407. The van der Waals surface area contributed by atoms with Gasteiger partial charge in [0, 0.05) is 19.6 Å². The van der Waals surface area contributed by atoms with Crippen molar-refractivity contribution >= 4 is 12.0 Å². The van der Waals surface area contributed by atoms with E-state index in [0.29, 0.717) is 12.5 Å². The van der Waals surface area contributed by atoms with E-state index in [1.165, 1.54) is 0 Å². The van der Waals surface area contributed by atoms with E-state index in [2.05, 4.69) is 11.9 Å². The molecule has 0 aromatic heterocycles. The normalized spacial score (nSPS) is 32.1. The van der Waals surface area contributed by atoms with Gasteiger partial charge in [0.2, 0.25) is 0 Å². The number of nitrogens with zero attached hydrogens (tertiary/aromatic N) is 1. The van der Waals surface area contributed by atoms with Gasteiger partial charge in [-0.25, -0.2) is 4.79 Å². The number of rotatable bonds is 4. The largest absolute Gasteiger partial charge is 0.481 e. The van der Waals surface area contributed by atoms with Crippen LogP contribution in [0.15, 0.2) is 12.2 Å². The first-order valence-corrected chi connectivity index (χ1v) is 6.79. The molecule has 2 aliphatic rings. The molecule has 0 spiro atoms. The van der Waals surface area contributed by atoms with Gasteiger partial charge in [-0.2, -0.15) is 0 Å². The number of amides is 2. The van der Waals surface area contributed by atoms with Gasteiger partial charge < -0.3 is 15.3 Å². The number of fused-ring (bicyclic) bond motifs is 2. The molecule has 2 rings (SSSR count). The van der Waals surface area contributed by atoms with Crippen LogP contribution in [-0.2, 0) is 4.79 Å². The number of likely N-dealkylation sites (N-methyl/N-ethyl adjacent to an activating group) is 1. The van der Waals surface area contributed by atoms with Gasteiger partial charge in [0.15, 0.2) is 0 Å². The first-order chi connectivity index (χ1) is 8.90. The van der Waals surface area contributed by atoms with Crippen LogP contribution in [0.5, 0.6) is 0 Å². The summed E-state index contributed by atoms with van der Waals surface area (Å²) >= 11 is 0. The molecule has 0 aliphatic heterocycles. The van der Waals surface area contributed by atoms with Crippen molar-refractivity contribution in [3.05, 3.63) is 12.2 Å². The predicted octanol–water partition coefficient (Wildman–Crippen LogP) is 1.70. The monoisotopic (exact) mass is 266 g/mol. The molecular weight excluding hydrogens is 244 g/mol. The van der Waals surface area contributed by atoms with E-state index < -0.39 is 11.9 Å². The molecule has 2 saturated carbocycles. The lowest BCUT2D eigenvalue weighted by Crippen LogP contribution is -2.50. The lowest BCUT2D eigenvalue weighted by Gasteiger charge is -2.30. The van der Waals surface area contributed by atoms with Crippen LogP contribution in [0.1, 0.15) is 26.2 Å². The van der Waals surface area contributed by atoms with Crippen molar-refractivity contribution < 1.29 is 14.7 Å². The van der Waals surface area contributed by atoms with Crippen LogP contribution < -0.4 is 5.32 Å². The lowest BCUT2D eigenvalue weighted by atomic mass is 9.84. The summed E-state index contributed by atoms with van der Waals surface area (Å²) in [7, 11) is 1.70. The minimum Gasteiger partial charge on any atom is -0.481 e. The van der Waals surface area contributed by atoms with Crippen LogP contribution in [0.3, 0.4) is 0 Å². The second kappa shape index (κ2) is 5.23. The molecule has 19 heavy (non-hydrogen) atoms. The van der Waals surface area contributed by atoms with E-state index in [9.17, 15) is 14.7 Å². The van der Waals surface area contributed by atoms with Crippen LogP contribution in [0.4, 0.5) is 4.79 Å². The fourth-order valence-electron chi connectivity index (χ4n) is 3.58. The van der Waals surface area contributed by atoms with E-state index in [1.54, 1.807) is 11.9 Å². The molecule has 106 valence electrons. The molecule has 0 aromatic rings. The van der Waals surface area contributed by atoms with Crippen molar-refractivity contribution in [2.24, 2.45) is 17.8 Å². The molecule has 0 aromatic carbocycles. The molecular formula is C14H22N2O3. The third-order valence-electron chi connectivity index (χ3n) is 4.35. The minimum absolute atomic E-state index is 0.202. The summed E-state index contributed by atoms with van der Waals surface area (Å²) in [6.45, 7) is 6.13. The smallest absolute Gasteiger partial charge is 0.317 e. The van der Waals surface area contributed by atoms with Crippen molar-refractivity contribution in [3.63, 3.8) is 0 Å². The number of carboxylic acids is 1. The summed E-state index contributed by atoms with van der Waals surface area (Å²) in [5, 5.41) is 12.2. The first kappa shape index (κ1) is 13.9. The Morgan fingerprint density at radius 1 is 1.37 bits per heavy atom. The maximum atomic E-state index is 12.1. The van der Waals surface area contributed by atoms with Crippen molar-refractivity contribution in [1.82, 2.24) is 10.2 Å².